The van der Waals surface area contributed by atoms with Gasteiger partial charge in [-0.3, -0.25) is 4.79 Å². The molecule has 28 heavy (non-hydrogen) atoms. The van der Waals surface area contributed by atoms with Crippen LogP contribution < -0.4 is 4.90 Å². The molecule has 0 N–H and O–H groups in total. The van der Waals surface area contributed by atoms with Crippen molar-refractivity contribution in [2.75, 3.05) is 31.1 Å². The lowest BCUT2D eigenvalue weighted by atomic mass is 10.2. The summed E-state index contributed by atoms with van der Waals surface area (Å²) >= 11 is 0. The van der Waals surface area contributed by atoms with Crippen LogP contribution in [-0.4, -0.2) is 56.8 Å². The van der Waals surface area contributed by atoms with E-state index in [0.717, 1.165) is 25.3 Å². The molecule has 0 unspecified atom stereocenters. The first kappa shape index (κ1) is 18.3. The maximum absolute atomic E-state index is 14.2. The lowest BCUT2D eigenvalue weighted by molar-refractivity contribution is -0.134. The van der Waals surface area contributed by atoms with Gasteiger partial charge in [-0.1, -0.05) is 26.0 Å². The van der Waals surface area contributed by atoms with Crippen LogP contribution in [-0.2, 0) is 4.79 Å². The summed E-state index contributed by atoms with van der Waals surface area (Å²) in [5, 5.41) is 12.9. The molecular formula is C20H23FN6O. The van der Waals surface area contributed by atoms with Gasteiger partial charge in [0.15, 0.2) is 11.5 Å². The van der Waals surface area contributed by atoms with Crippen molar-refractivity contribution in [3.05, 3.63) is 42.2 Å². The number of anilines is 1. The zero-order chi connectivity index (χ0) is 19.7. The number of aromatic nitrogens is 4. The van der Waals surface area contributed by atoms with Crippen LogP contribution in [0.15, 0.2) is 36.4 Å². The minimum atomic E-state index is -0.360. The number of amides is 1. The second-order valence-corrected chi connectivity index (χ2v) is 7.29. The third kappa shape index (κ3) is 3.42. The molecule has 146 valence electrons. The maximum atomic E-state index is 14.2. The Morgan fingerprint density at radius 3 is 2.64 bits per heavy atom. The highest BCUT2D eigenvalue weighted by Gasteiger charge is 2.22. The molecule has 2 aromatic heterocycles. The fourth-order valence-electron chi connectivity index (χ4n) is 3.49. The van der Waals surface area contributed by atoms with E-state index in [1.807, 2.05) is 30.9 Å². The van der Waals surface area contributed by atoms with Gasteiger partial charge in [-0.15, -0.1) is 15.3 Å². The summed E-state index contributed by atoms with van der Waals surface area (Å²) in [6, 6.07) is 10.2. The number of fused-ring (bicyclic) bond motifs is 1. The second-order valence-electron chi connectivity index (χ2n) is 7.29. The van der Waals surface area contributed by atoms with Crippen LogP contribution in [0.2, 0.25) is 0 Å². The first-order valence-corrected chi connectivity index (χ1v) is 9.55. The molecule has 0 atom stereocenters. The molecule has 1 aliphatic heterocycles. The summed E-state index contributed by atoms with van der Waals surface area (Å²) in [5.41, 5.74) is 0.928. The maximum Gasteiger partial charge on any atom is 0.225 e. The van der Waals surface area contributed by atoms with Crippen molar-refractivity contribution in [3.63, 3.8) is 0 Å². The van der Waals surface area contributed by atoms with E-state index in [1.54, 1.807) is 22.7 Å². The Bertz CT molecular complexity index is 1000. The predicted octanol–water partition coefficient (Wildman–Crippen LogP) is 2.63. The predicted molar refractivity (Wildman–Crippen MR) is 104 cm³/mol. The molecule has 0 radical (unpaired) electrons. The Morgan fingerprint density at radius 2 is 1.86 bits per heavy atom. The van der Waals surface area contributed by atoms with Crippen LogP contribution in [0.25, 0.3) is 17.0 Å². The van der Waals surface area contributed by atoms with Crippen molar-refractivity contribution in [1.82, 2.24) is 24.7 Å². The van der Waals surface area contributed by atoms with Gasteiger partial charge in [0.2, 0.25) is 5.91 Å². The van der Waals surface area contributed by atoms with Crippen molar-refractivity contribution in [2.45, 2.75) is 20.3 Å². The summed E-state index contributed by atoms with van der Waals surface area (Å²) in [6.45, 7) is 6.78. The van der Waals surface area contributed by atoms with Gasteiger partial charge in [-0.05, 0) is 30.7 Å². The van der Waals surface area contributed by atoms with Gasteiger partial charge in [0.25, 0.3) is 0 Å². The zero-order valence-corrected chi connectivity index (χ0v) is 16.0. The number of rotatable bonds is 3. The number of halogens is 1. The van der Waals surface area contributed by atoms with Crippen LogP contribution in [0.5, 0.6) is 0 Å². The topological polar surface area (TPSA) is 66.6 Å². The van der Waals surface area contributed by atoms with Crippen LogP contribution in [0.4, 0.5) is 10.2 Å². The van der Waals surface area contributed by atoms with Gasteiger partial charge in [0, 0.05) is 32.1 Å². The number of carbonyl (C=O) groups excluding carboxylic acids is 1. The van der Waals surface area contributed by atoms with E-state index >= 15 is 0 Å². The fraction of sp³-hybridized carbons (Fsp3) is 0.400. The Morgan fingerprint density at radius 1 is 1.04 bits per heavy atom. The van der Waals surface area contributed by atoms with Crippen molar-refractivity contribution >= 4 is 17.4 Å². The lowest BCUT2D eigenvalue weighted by Crippen LogP contribution is -2.37. The summed E-state index contributed by atoms with van der Waals surface area (Å²) < 4.78 is 15.8. The molecule has 0 saturated carbocycles. The Balaban J connectivity index is 1.62. The van der Waals surface area contributed by atoms with Crippen molar-refractivity contribution in [1.29, 1.82) is 0 Å². The molecule has 8 heteroatoms. The Kier molecular flexibility index (Phi) is 4.93. The van der Waals surface area contributed by atoms with E-state index < -0.39 is 0 Å². The van der Waals surface area contributed by atoms with Crippen molar-refractivity contribution < 1.29 is 9.18 Å². The third-order valence-corrected chi connectivity index (χ3v) is 4.99. The van der Waals surface area contributed by atoms with Crippen LogP contribution in [0.1, 0.15) is 20.3 Å². The molecule has 0 aliphatic carbocycles. The standard InChI is InChI=1S/C20H23FN6O/c1-14(2)20(28)26-11-5-10-25(12-13-26)18-9-8-17-22-23-19(27(17)24-18)15-6-3-4-7-16(15)21/h3-4,6-9,14H,5,10-13H2,1-2H3. The first-order valence-electron chi connectivity index (χ1n) is 9.55. The second kappa shape index (κ2) is 7.53. The summed E-state index contributed by atoms with van der Waals surface area (Å²) in [7, 11) is 0. The number of hydrogen-bond donors (Lipinski definition) is 0. The molecule has 0 spiro atoms. The third-order valence-electron chi connectivity index (χ3n) is 4.99. The van der Waals surface area contributed by atoms with Gasteiger partial charge in [0.05, 0.1) is 5.56 Å². The van der Waals surface area contributed by atoms with Crippen LogP contribution >= 0.6 is 0 Å². The van der Waals surface area contributed by atoms with Gasteiger partial charge in [-0.25, -0.2) is 4.39 Å². The van der Waals surface area contributed by atoms with E-state index in [1.165, 1.54) is 6.07 Å². The molecule has 3 heterocycles. The molecule has 1 aromatic carbocycles. The molecule has 1 saturated heterocycles. The monoisotopic (exact) mass is 382 g/mol. The van der Waals surface area contributed by atoms with E-state index in [2.05, 4.69) is 20.2 Å². The van der Waals surface area contributed by atoms with Crippen LogP contribution in [0.3, 0.4) is 0 Å². The quantitative estimate of drug-likeness (QED) is 0.697. The molecule has 4 rings (SSSR count). The lowest BCUT2D eigenvalue weighted by Gasteiger charge is -2.24. The molecule has 1 amide bonds. The summed E-state index contributed by atoms with van der Waals surface area (Å²) in [6.07, 6.45) is 0.876. The van der Waals surface area contributed by atoms with E-state index in [9.17, 15) is 9.18 Å². The summed E-state index contributed by atoms with van der Waals surface area (Å²) in [5.74, 6) is 0.971. The number of hydrogen-bond acceptors (Lipinski definition) is 5. The summed E-state index contributed by atoms with van der Waals surface area (Å²) in [4.78, 5) is 16.4. The number of benzene rings is 1. The molecular weight excluding hydrogens is 359 g/mol. The zero-order valence-electron chi connectivity index (χ0n) is 16.0. The van der Waals surface area contributed by atoms with Crippen molar-refractivity contribution in [3.8, 4) is 11.4 Å². The smallest absolute Gasteiger partial charge is 0.225 e. The SMILES string of the molecule is CC(C)C(=O)N1CCCN(c2ccc3nnc(-c4ccccc4F)n3n2)CC1. The van der Waals surface area contributed by atoms with Gasteiger partial charge in [0.1, 0.15) is 11.6 Å². The van der Waals surface area contributed by atoms with Gasteiger partial charge >= 0.3 is 0 Å². The average molecular weight is 382 g/mol. The Hall–Kier alpha value is -3.03. The fourth-order valence-corrected chi connectivity index (χ4v) is 3.49. The van der Waals surface area contributed by atoms with Crippen molar-refractivity contribution in [2.24, 2.45) is 5.92 Å². The first-order chi connectivity index (χ1) is 13.5. The molecule has 0 bridgehead atoms. The number of nitrogens with zero attached hydrogens (tertiary/aromatic N) is 6. The van der Waals surface area contributed by atoms with Gasteiger partial charge in [-0.2, -0.15) is 4.52 Å². The normalized spacial score (nSPS) is 15.3. The largest absolute Gasteiger partial charge is 0.353 e. The average Bonchev–Trinajstić information content (AvgIpc) is 2.95. The molecule has 1 fully saturated rings. The highest BCUT2D eigenvalue weighted by molar-refractivity contribution is 5.78. The van der Waals surface area contributed by atoms with E-state index in [-0.39, 0.29) is 17.6 Å². The van der Waals surface area contributed by atoms with E-state index in [4.69, 9.17) is 0 Å². The molecule has 7 nitrogen and oxygen atoms in total. The number of carbonyl (C=O) groups is 1. The minimum absolute atomic E-state index is 0.00127. The highest BCUT2D eigenvalue weighted by Crippen LogP contribution is 2.22. The Labute approximate surface area is 162 Å². The molecule has 3 aromatic rings. The molecule has 1 aliphatic rings. The highest BCUT2D eigenvalue weighted by atomic mass is 19.1. The van der Waals surface area contributed by atoms with Gasteiger partial charge < -0.3 is 9.80 Å². The minimum Gasteiger partial charge on any atom is -0.353 e. The van der Waals surface area contributed by atoms with E-state index in [0.29, 0.717) is 30.1 Å². The van der Waals surface area contributed by atoms with Crippen LogP contribution in [0, 0.1) is 11.7 Å².